The van der Waals surface area contributed by atoms with Crippen molar-refractivity contribution in [3.63, 3.8) is 0 Å². The molecule has 1 aliphatic rings. The smallest absolute Gasteiger partial charge is 0.336 e. The summed E-state index contributed by atoms with van der Waals surface area (Å²) >= 11 is 0. The average Bonchev–Trinajstić information content (AvgIpc) is 2.79. The van der Waals surface area contributed by atoms with E-state index in [9.17, 15) is 9.90 Å². The zero-order chi connectivity index (χ0) is 21.2. The lowest BCUT2D eigenvalue weighted by atomic mass is 9.92. The van der Waals surface area contributed by atoms with Gasteiger partial charge in [-0.15, -0.1) is 0 Å². The Kier molecular flexibility index (Phi) is 5.02. The topological polar surface area (TPSA) is 66.3 Å². The molecule has 152 valence electrons. The van der Waals surface area contributed by atoms with Crippen molar-refractivity contribution in [1.82, 2.24) is 14.9 Å². The zero-order valence-electron chi connectivity index (χ0n) is 16.9. The number of hydrogen-bond acceptors (Lipinski definition) is 4. The highest BCUT2D eigenvalue weighted by Gasteiger charge is 2.28. The zero-order valence-corrected chi connectivity index (χ0v) is 16.9. The summed E-state index contributed by atoms with van der Waals surface area (Å²) in [6, 6.07) is 21.6. The van der Waals surface area contributed by atoms with Crippen molar-refractivity contribution in [3.8, 4) is 0 Å². The van der Waals surface area contributed by atoms with Crippen molar-refractivity contribution < 1.29 is 9.90 Å². The Hall–Kier alpha value is -3.83. The van der Waals surface area contributed by atoms with Gasteiger partial charge >= 0.3 is 5.97 Å². The molecule has 0 amide bonds. The quantitative estimate of drug-likeness (QED) is 0.522. The Labute approximate surface area is 180 Å². The monoisotopic (exact) mass is 407 g/mol. The van der Waals surface area contributed by atoms with E-state index in [4.69, 9.17) is 4.98 Å². The van der Waals surface area contributed by atoms with Gasteiger partial charge in [0.05, 0.1) is 16.8 Å². The normalized spacial score (nSPS) is 15.2. The van der Waals surface area contributed by atoms with Crippen molar-refractivity contribution in [2.75, 3.05) is 6.54 Å². The Balaban J connectivity index is 1.69. The molecule has 5 nitrogen and oxygen atoms in total. The van der Waals surface area contributed by atoms with E-state index in [0.29, 0.717) is 29.6 Å². The first-order chi connectivity index (χ1) is 15.2. The molecule has 0 saturated carbocycles. The van der Waals surface area contributed by atoms with Crippen LogP contribution < -0.4 is 0 Å². The molecule has 0 bridgehead atoms. The van der Waals surface area contributed by atoms with Gasteiger partial charge < -0.3 is 5.11 Å². The molecule has 1 aliphatic heterocycles. The van der Waals surface area contributed by atoms with Gasteiger partial charge in [-0.3, -0.25) is 9.88 Å². The van der Waals surface area contributed by atoms with Gasteiger partial charge in [0.2, 0.25) is 0 Å². The summed E-state index contributed by atoms with van der Waals surface area (Å²) in [7, 11) is 0. The summed E-state index contributed by atoms with van der Waals surface area (Å²) in [5, 5.41) is 10.8. The average molecular weight is 407 g/mol. The molecule has 0 radical (unpaired) electrons. The third-order valence-electron chi connectivity index (χ3n) is 5.58. The van der Waals surface area contributed by atoms with Crippen LogP contribution in [0.1, 0.15) is 32.7 Å². The molecule has 0 saturated heterocycles. The minimum absolute atomic E-state index is 0.346. The highest BCUT2D eigenvalue weighted by molar-refractivity contribution is 6.06. The maximum absolute atomic E-state index is 12.3. The lowest BCUT2D eigenvalue weighted by Crippen LogP contribution is -2.31. The van der Waals surface area contributed by atoms with E-state index in [-0.39, 0.29) is 0 Å². The van der Waals surface area contributed by atoms with E-state index in [2.05, 4.69) is 28.1 Å². The van der Waals surface area contributed by atoms with Gasteiger partial charge in [-0.1, -0.05) is 48.5 Å². The fourth-order valence-corrected chi connectivity index (χ4v) is 4.24. The lowest BCUT2D eigenvalue weighted by Gasteiger charge is -2.31. The van der Waals surface area contributed by atoms with Crippen LogP contribution in [0.2, 0.25) is 0 Å². The summed E-state index contributed by atoms with van der Waals surface area (Å²) in [5.74, 6) is -0.917. The number of aromatic nitrogens is 2. The van der Waals surface area contributed by atoms with Crippen LogP contribution in [0.3, 0.4) is 0 Å². The predicted octanol–water partition coefficient (Wildman–Crippen LogP) is 4.88. The summed E-state index contributed by atoms with van der Waals surface area (Å²) in [4.78, 5) is 23.6. The second-order valence-electron chi connectivity index (χ2n) is 7.72. The molecule has 2 aromatic heterocycles. The van der Waals surface area contributed by atoms with Crippen LogP contribution in [-0.2, 0) is 13.1 Å². The van der Waals surface area contributed by atoms with Crippen LogP contribution in [0.25, 0.3) is 22.6 Å². The van der Waals surface area contributed by atoms with Crippen LogP contribution >= 0.6 is 0 Å². The number of pyridine rings is 2. The number of carbonyl (C=O) groups is 1. The van der Waals surface area contributed by atoms with Gasteiger partial charge in [-0.05, 0) is 41.0 Å². The Morgan fingerprint density at radius 1 is 0.968 bits per heavy atom. The number of nitrogens with zero attached hydrogens (tertiary/aromatic N) is 3. The van der Waals surface area contributed by atoms with Gasteiger partial charge in [-0.2, -0.15) is 0 Å². The number of rotatable bonds is 4. The van der Waals surface area contributed by atoms with Crippen LogP contribution in [0.4, 0.5) is 0 Å². The van der Waals surface area contributed by atoms with E-state index in [1.165, 1.54) is 5.56 Å². The summed E-state index contributed by atoms with van der Waals surface area (Å²) in [6.07, 6.45) is 5.60. The lowest BCUT2D eigenvalue weighted by molar-refractivity contribution is 0.0696. The molecule has 5 rings (SSSR count). The number of carboxylic acids is 1. The fraction of sp³-hybridized carbons (Fsp3) is 0.115. The van der Waals surface area contributed by atoms with Crippen LogP contribution in [0.15, 0.2) is 79.1 Å². The van der Waals surface area contributed by atoms with Crippen molar-refractivity contribution >= 4 is 28.5 Å². The summed E-state index contributed by atoms with van der Waals surface area (Å²) in [5.41, 5.74) is 5.82. The molecule has 0 aliphatic carbocycles. The second-order valence-corrected chi connectivity index (χ2v) is 7.72. The molecule has 3 heterocycles. The van der Waals surface area contributed by atoms with Crippen molar-refractivity contribution in [1.29, 1.82) is 0 Å². The molecule has 0 unspecified atom stereocenters. The number of hydrogen-bond donors (Lipinski definition) is 1. The predicted molar refractivity (Wildman–Crippen MR) is 121 cm³/mol. The summed E-state index contributed by atoms with van der Waals surface area (Å²) < 4.78 is 0. The maximum atomic E-state index is 12.3. The summed E-state index contributed by atoms with van der Waals surface area (Å²) in [6.45, 7) is 1.96. The number of carboxylic acid groups (broad SMARTS) is 1. The van der Waals surface area contributed by atoms with E-state index >= 15 is 0 Å². The first-order valence-corrected chi connectivity index (χ1v) is 10.2. The van der Waals surface area contributed by atoms with Crippen molar-refractivity contribution in [3.05, 3.63) is 107 Å². The first kappa shape index (κ1) is 19.2. The fourth-order valence-electron chi connectivity index (χ4n) is 4.24. The van der Waals surface area contributed by atoms with Gasteiger partial charge in [0.1, 0.15) is 0 Å². The van der Waals surface area contributed by atoms with Crippen molar-refractivity contribution in [2.24, 2.45) is 0 Å². The Bertz CT molecular complexity index is 1280. The molecule has 0 atom stereocenters. The van der Waals surface area contributed by atoms with Crippen molar-refractivity contribution in [2.45, 2.75) is 13.1 Å². The standard InChI is InChI=1S/C26H21N3O2/c30-26(31)24-21-8-4-5-9-23(21)28-25-20(14-18-10-12-27-13-11-18)16-29(17-22(24)25)15-19-6-2-1-3-7-19/h1-14H,15-17H2,(H,30,31). The van der Waals surface area contributed by atoms with E-state index in [0.717, 1.165) is 28.9 Å². The highest BCUT2D eigenvalue weighted by atomic mass is 16.4. The molecule has 31 heavy (non-hydrogen) atoms. The van der Waals surface area contributed by atoms with Gasteiger partial charge in [0.15, 0.2) is 0 Å². The second kappa shape index (κ2) is 8.13. The van der Waals surface area contributed by atoms with Crippen LogP contribution in [0, 0.1) is 0 Å². The molecule has 2 aromatic carbocycles. The van der Waals surface area contributed by atoms with Gasteiger partial charge in [-0.25, -0.2) is 9.78 Å². The molecule has 1 N–H and O–H groups in total. The van der Waals surface area contributed by atoms with Gasteiger partial charge in [0.25, 0.3) is 0 Å². The molecule has 0 spiro atoms. The Morgan fingerprint density at radius 2 is 1.71 bits per heavy atom. The molecule has 0 fully saturated rings. The first-order valence-electron chi connectivity index (χ1n) is 10.2. The minimum atomic E-state index is -0.917. The molecular weight excluding hydrogens is 386 g/mol. The molecule has 5 heteroatoms. The number of fused-ring (bicyclic) bond motifs is 2. The Morgan fingerprint density at radius 3 is 2.48 bits per heavy atom. The van der Waals surface area contributed by atoms with E-state index in [1.54, 1.807) is 12.4 Å². The molecular formula is C26H21N3O2. The number of aromatic carboxylic acids is 1. The third-order valence-corrected chi connectivity index (χ3v) is 5.58. The number of benzene rings is 2. The molecule has 4 aromatic rings. The SMILES string of the molecule is O=C(O)c1c2c(nc3ccccc13)C(=Cc1ccncc1)CN(Cc1ccccc1)C2. The van der Waals surface area contributed by atoms with Crippen LogP contribution in [0.5, 0.6) is 0 Å². The van der Waals surface area contributed by atoms with Gasteiger partial charge in [0, 0.05) is 43.0 Å². The largest absolute Gasteiger partial charge is 0.478 e. The highest BCUT2D eigenvalue weighted by Crippen LogP contribution is 2.34. The number of para-hydroxylation sites is 1. The minimum Gasteiger partial charge on any atom is -0.478 e. The van der Waals surface area contributed by atoms with Crippen LogP contribution in [-0.4, -0.2) is 32.5 Å². The van der Waals surface area contributed by atoms with E-state index < -0.39 is 5.97 Å². The maximum Gasteiger partial charge on any atom is 0.336 e. The van der Waals surface area contributed by atoms with E-state index in [1.807, 2.05) is 54.6 Å². The third kappa shape index (κ3) is 3.83.